The minimum absolute atomic E-state index is 0.0522. The Balaban J connectivity index is 1.30. The molecule has 0 heterocycles. The first kappa shape index (κ1) is 16.9. The van der Waals surface area contributed by atoms with Crippen molar-refractivity contribution in [3.05, 3.63) is 29.8 Å². The highest BCUT2D eigenvalue weighted by molar-refractivity contribution is 5.94. The van der Waals surface area contributed by atoms with Crippen LogP contribution in [0.5, 0.6) is 5.75 Å². The molecule has 4 saturated carbocycles. The van der Waals surface area contributed by atoms with E-state index in [9.17, 15) is 4.79 Å². The summed E-state index contributed by atoms with van der Waals surface area (Å²) in [6.07, 6.45) is 8.02. The monoisotopic (exact) mass is 343 g/mol. The van der Waals surface area contributed by atoms with Crippen LogP contribution in [0.4, 0.5) is 0 Å². The molecule has 0 unspecified atom stereocenters. The molecule has 5 rings (SSSR count). The van der Waals surface area contributed by atoms with Crippen LogP contribution in [0, 0.1) is 17.8 Å². The molecule has 0 spiro atoms. The molecule has 4 heteroatoms. The van der Waals surface area contributed by atoms with Crippen LogP contribution in [-0.2, 0) is 4.74 Å². The Bertz CT molecular complexity index is 589. The molecular formula is C21H29NO3. The minimum Gasteiger partial charge on any atom is -0.497 e. The highest BCUT2D eigenvalue weighted by Crippen LogP contribution is 2.57. The van der Waals surface area contributed by atoms with E-state index in [4.69, 9.17) is 9.47 Å². The third-order valence-corrected chi connectivity index (χ3v) is 6.34. The normalized spacial score (nSPS) is 33.9. The summed E-state index contributed by atoms with van der Waals surface area (Å²) in [7, 11) is 1.62. The van der Waals surface area contributed by atoms with Gasteiger partial charge in [0.2, 0.25) is 0 Å². The first-order valence-electron chi connectivity index (χ1n) is 9.65. The Labute approximate surface area is 150 Å². The van der Waals surface area contributed by atoms with Gasteiger partial charge in [-0.25, -0.2) is 0 Å². The molecule has 1 N–H and O–H groups in total. The quantitative estimate of drug-likeness (QED) is 0.855. The summed E-state index contributed by atoms with van der Waals surface area (Å²) in [6.45, 7) is 2.65. The van der Waals surface area contributed by atoms with Gasteiger partial charge in [-0.05, 0) is 87.5 Å². The van der Waals surface area contributed by atoms with Gasteiger partial charge in [-0.2, -0.15) is 0 Å². The standard InChI is InChI=1S/C21H29NO3/c1-14(13-22-20(23)18-3-5-19(24-2)6-4-18)25-21-10-15-7-16(11-21)9-17(8-15)12-21/h3-6,14-17H,7-13H2,1-2H3,(H,22,23)/t14-,15?,16?,17?,21?/m0/s1. The zero-order valence-electron chi connectivity index (χ0n) is 15.3. The number of rotatable bonds is 6. The fourth-order valence-electron chi connectivity index (χ4n) is 5.72. The second kappa shape index (κ2) is 6.64. The fourth-order valence-corrected chi connectivity index (χ4v) is 5.72. The van der Waals surface area contributed by atoms with Crippen LogP contribution in [0.15, 0.2) is 24.3 Å². The van der Waals surface area contributed by atoms with Gasteiger partial charge in [0.25, 0.3) is 5.91 Å². The Morgan fingerprint density at radius 3 is 2.20 bits per heavy atom. The van der Waals surface area contributed by atoms with E-state index in [0.717, 1.165) is 23.5 Å². The largest absolute Gasteiger partial charge is 0.497 e. The SMILES string of the molecule is COc1ccc(C(=O)NC[C@H](C)OC23CC4CC(CC(C4)C2)C3)cc1. The Morgan fingerprint density at radius 1 is 1.12 bits per heavy atom. The maximum Gasteiger partial charge on any atom is 0.251 e. The van der Waals surface area contributed by atoms with Crippen LogP contribution in [0.25, 0.3) is 0 Å². The zero-order valence-corrected chi connectivity index (χ0v) is 15.3. The molecule has 1 aromatic rings. The number of benzene rings is 1. The summed E-state index contributed by atoms with van der Waals surface area (Å²) < 4.78 is 11.7. The molecule has 0 aliphatic heterocycles. The third kappa shape index (κ3) is 3.55. The molecule has 4 fully saturated rings. The zero-order chi connectivity index (χ0) is 17.4. The number of ether oxygens (including phenoxy) is 2. The van der Waals surface area contributed by atoms with Crippen LogP contribution in [0.1, 0.15) is 55.8 Å². The highest BCUT2D eigenvalue weighted by Gasteiger charge is 2.52. The van der Waals surface area contributed by atoms with Crippen molar-refractivity contribution in [1.82, 2.24) is 5.32 Å². The second-order valence-electron chi connectivity index (χ2n) is 8.47. The van der Waals surface area contributed by atoms with Gasteiger partial charge in [-0.15, -0.1) is 0 Å². The summed E-state index contributed by atoms with van der Waals surface area (Å²) >= 11 is 0. The molecule has 4 bridgehead atoms. The van der Waals surface area contributed by atoms with Crippen molar-refractivity contribution in [3.63, 3.8) is 0 Å². The third-order valence-electron chi connectivity index (χ3n) is 6.34. The van der Waals surface area contributed by atoms with Gasteiger partial charge < -0.3 is 14.8 Å². The average Bonchev–Trinajstić information content (AvgIpc) is 2.58. The lowest BCUT2D eigenvalue weighted by Crippen LogP contribution is -2.53. The van der Waals surface area contributed by atoms with E-state index in [2.05, 4.69) is 12.2 Å². The Hall–Kier alpha value is -1.55. The number of hydrogen-bond acceptors (Lipinski definition) is 3. The molecule has 0 saturated heterocycles. The molecule has 4 aliphatic carbocycles. The van der Waals surface area contributed by atoms with Crippen molar-refractivity contribution in [3.8, 4) is 5.75 Å². The summed E-state index contributed by atoms with van der Waals surface area (Å²) in [6, 6.07) is 7.20. The van der Waals surface area contributed by atoms with Crippen molar-refractivity contribution >= 4 is 5.91 Å². The molecule has 1 aromatic carbocycles. The van der Waals surface area contributed by atoms with E-state index in [1.165, 1.54) is 38.5 Å². The smallest absolute Gasteiger partial charge is 0.251 e. The molecule has 1 amide bonds. The number of carbonyl (C=O) groups is 1. The van der Waals surface area contributed by atoms with E-state index >= 15 is 0 Å². The second-order valence-corrected chi connectivity index (χ2v) is 8.47. The summed E-state index contributed by atoms with van der Waals surface area (Å²) in [5.41, 5.74) is 0.752. The lowest BCUT2D eigenvalue weighted by atomic mass is 9.54. The topological polar surface area (TPSA) is 47.6 Å². The van der Waals surface area contributed by atoms with Crippen molar-refractivity contribution in [1.29, 1.82) is 0 Å². The van der Waals surface area contributed by atoms with Gasteiger partial charge in [0, 0.05) is 12.1 Å². The lowest BCUT2D eigenvalue weighted by molar-refractivity contribution is -0.182. The molecule has 136 valence electrons. The van der Waals surface area contributed by atoms with Gasteiger partial charge in [-0.3, -0.25) is 4.79 Å². The summed E-state index contributed by atoms with van der Waals surface area (Å²) in [5, 5.41) is 3.01. The van der Waals surface area contributed by atoms with Crippen LogP contribution < -0.4 is 10.1 Å². The summed E-state index contributed by atoms with van der Waals surface area (Å²) in [4.78, 5) is 12.3. The first-order valence-corrected chi connectivity index (χ1v) is 9.65. The molecular weight excluding hydrogens is 314 g/mol. The fraction of sp³-hybridized carbons (Fsp3) is 0.667. The molecule has 0 aromatic heterocycles. The van der Waals surface area contributed by atoms with Gasteiger partial charge in [0.1, 0.15) is 5.75 Å². The first-order chi connectivity index (χ1) is 12.0. The van der Waals surface area contributed by atoms with E-state index in [0.29, 0.717) is 12.1 Å². The minimum atomic E-state index is -0.0522. The van der Waals surface area contributed by atoms with Crippen LogP contribution >= 0.6 is 0 Å². The Morgan fingerprint density at radius 2 is 1.68 bits per heavy atom. The van der Waals surface area contributed by atoms with Gasteiger partial charge in [0.15, 0.2) is 0 Å². The van der Waals surface area contributed by atoms with Crippen molar-refractivity contribution < 1.29 is 14.3 Å². The molecule has 4 aliphatic rings. The van der Waals surface area contributed by atoms with Gasteiger partial charge >= 0.3 is 0 Å². The highest BCUT2D eigenvalue weighted by atomic mass is 16.5. The predicted molar refractivity (Wildman–Crippen MR) is 96.8 cm³/mol. The van der Waals surface area contributed by atoms with Crippen molar-refractivity contribution in [2.24, 2.45) is 17.8 Å². The average molecular weight is 343 g/mol. The number of amides is 1. The number of carbonyl (C=O) groups excluding carboxylic acids is 1. The van der Waals surface area contributed by atoms with Crippen LogP contribution in [-0.4, -0.2) is 31.3 Å². The molecule has 0 radical (unpaired) electrons. The van der Waals surface area contributed by atoms with Crippen LogP contribution in [0.2, 0.25) is 0 Å². The number of hydrogen-bond donors (Lipinski definition) is 1. The maximum atomic E-state index is 12.3. The van der Waals surface area contributed by atoms with E-state index in [1.54, 1.807) is 19.2 Å². The Kier molecular flexibility index (Phi) is 4.48. The van der Waals surface area contributed by atoms with E-state index in [1.807, 2.05) is 12.1 Å². The molecule has 4 nitrogen and oxygen atoms in total. The maximum absolute atomic E-state index is 12.3. The van der Waals surface area contributed by atoms with E-state index < -0.39 is 0 Å². The van der Waals surface area contributed by atoms with E-state index in [-0.39, 0.29) is 17.6 Å². The van der Waals surface area contributed by atoms with Gasteiger partial charge in [-0.1, -0.05) is 0 Å². The van der Waals surface area contributed by atoms with Crippen LogP contribution in [0.3, 0.4) is 0 Å². The lowest BCUT2D eigenvalue weighted by Gasteiger charge is -2.57. The number of methoxy groups -OCH3 is 1. The predicted octanol–water partition coefficient (Wildman–Crippen LogP) is 3.80. The summed E-state index contributed by atoms with van der Waals surface area (Å²) in [5.74, 6) is 3.35. The molecule has 1 atom stereocenters. The number of nitrogens with one attached hydrogen (secondary N) is 1. The molecule has 25 heavy (non-hydrogen) atoms. The van der Waals surface area contributed by atoms with Gasteiger partial charge in [0.05, 0.1) is 18.8 Å². The van der Waals surface area contributed by atoms with Crippen molar-refractivity contribution in [2.75, 3.05) is 13.7 Å². The van der Waals surface area contributed by atoms with Crippen molar-refractivity contribution in [2.45, 2.75) is 57.2 Å².